The predicted molar refractivity (Wildman–Crippen MR) is 84.1 cm³/mol. The van der Waals surface area contributed by atoms with E-state index in [4.69, 9.17) is 0 Å². The van der Waals surface area contributed by atoms with Gasteiger partial charge in [0.1, 0.15) is 0 Å². The third kappa shape index (κ3) is 4.37. The van der Waals surface area contributed by atoms with E-state index in [2.05, 4.69) is 10.4 Å². The van der Waals surface area contributed by atoms with Crippen LogP contribution in [0.25, 0.3) is 0 Å². The lowest BCUT2D eigenvalue weighted by molar-refractivity contribution is -0.141. The average Bonchev–Trinajstić information content (AvgIpc) is 2.89. The van der Waals surface area contributed by atoms with Crippen molar-refractivity contribution in [1.29, 1.82) is 0 Å². The van der Waals surface area contributed by atoms with Gasteiger partial charge in [-0.3, -0.25) is 9.48 Å². The third-order valence-corrected chi connectivity index (χ3v) is 3.82. The molecule has 4 nitrogen and oxygen atoms in total. The van der Waals surface area contributed by atoms with E-state index in [1.807, 2.05) is 37.3 Å². The predicted octanol–water partition coefficient (Wildman–Crippen LogP) is 3.72. The van der Waals surface area contributed by atoms with Gasteiger partial charge < -0.3 is 5.32 Å². The standard InChI is InChI=1S/C17H20F3N3O/c1-11(10-23-12(2)9-15(22-23)17(18,19)20)16(24)21-13(3)14-7-5-4-6-8-14/h4-9,11,13H,10H2,1-3H3,(H,21,24). The molecule has 0 radical (unpaired) electrons. The van der Waals surface area contributed by atoms with E-state index in [1.54, 1.807) is 13.8 Å². The lowest BCUT2D eigenvalue weighted by Crippen LogP contribution is -2.33. The topological polar surface area (TPSA) is 46.9 Å². The molecule has 2 rings (SSSR count). The summed E-state index contributed by atoms with van der Waals surface area (Å²) in [6, 6.07) is 10.3. The van der Waals surface area contributed by atoms with Crippen molar-refractivity contribution in [3.8, 4) is 0 Å². The molecule has 2 aromatic rings. The molecule has 1 N–H and O–H groups in total. The molecule has 1 aromatic carbocycles. The van der Waals surface area contributed by atoms with Gasteiger partial charge in [-0.1, -0.05) is 37.3 Å². The van der Waals surface area contributed by atoms with Crippen molar-refractivity contribution in [2.75, 3.05) is 0 Å². The zero-order chi connectivity index (χ0) is 17.9. The van der Waals surface area contributed by atoms with Crippen LogP contribution < -0.4 is 5.32 Å². The van der Waals surface area contributed by atoms with Gasteiger partial charge in [0, 0.05) is 5.69 Å². The van der Waals surface area contributed by atoms with Gasteiger partial charge in [-0.25, -0.2) is 0 Å². The summed E-state index contributed by atoms with van der Waals surface area (Å²) in [5, 5.41) is 6.42. The molecule has 0 fully saturated rings. The van der Waals surface area contributed by atoms with Gasteiger partial charge in [0.15, 0.2) is 5.69 Å². The van der Waals surface area contributed by atoms with Gasteiger partial charge in [-0.2, -0.15) is 18.3 Å². The number of carbonyl (C=O) groups is 1. The van der Waals surface area contributed by atoms with Crippen LogP contribution in [0.5, 0.6) is 0 Å². The summed E-state index contributed by atoms with van der Waals surface area (Å²) in [4.78, 5) is 12.3. The molecule has 0 aliphatic rings. The molecule has 0 bridgehead atoms. The first-order valence-corrected chi connectivity index (χ1v) is 7.65. The average molecular weight is 339 g/mol. The number of nitrogens with one attached hydrogen (secondary N) is 1. The van der Waals surface area contributed by atoms with Crippen LogP contribution in [-0.4, -0.2) is 15.7 Å². The number of rotatable bonds is 5. The van der Waals surface area contributed by atoms with Gasteiger partial charge in [-0.15, -0.1) is 0 Å². The minimum atomic E-state index is -4.48. The lowest BCUT2D eigenvalue weighted by atomic mass is 10.1. The largest absolute Gasteiger partial charge is 0.435 e. The summed E-state index contributed by atoms with van der Waals surface area (Å²) in [6.07, 6.45) is -4.48. The van der Waals surface area contributed by atoms with Crippen molar-refractivity contribution in [3.05, 3.63) is 53.3 Å². The van der Waals surface area contributed by atoms with Crippen LogP contribution in [0, 0.1) is 12.8 Å². The van der Waals surface area contributed by atoms with E-state index < -0.39 is 17.8 Å². The Morgan fingerprint density at radius 2 is 1.88 bits per heavy atom. The van der Waals surface area contributed by atoms with Crippen LogP contribution in [0.15, 0.2) is 36.4 Å². The first kappa shape index (κ1) is 18.0. The molecule has 1 heterocycles. The Balaban J connectivity index is 2.00. The molecule has 2 atom stereocenters. The van der Waals surface area contributed by atoms with Crippen molar-refractivity contribution >= 4 is 5.91 Å². The van der Waals surface area contributed by atoms with E-state index in [1.165, 1.54) is 4.68 Å². The van der Waals surface area contributed by atoms with Crippen molar-refractivity contribution in [2.45, 2.75) is 39.5 Å². The molecule has 0 spiro atoms. The number of hydrogen-bond donors (Lipinski definition) is 1. The summed E-state index contributed by atoms with van der Waals surface area (Å²) in [7, 11) is 0. The molecular formula is C17H20F3N3O. The van der Waals surface area contributed by atoms with Crippen molar-refractivity contribution in [1.82, 2.24) is 15.1 Å². The Hall–Kier alpha value is -2.31. The summed E-state index contributed by atoms with van der Waals surface area (Å²) in [5.74, 6) is -0.731. The van der Waals surface area contributed by atoms with Crippen LogP contribution in [0.1, 0.15) is 36.8 Å². The maximum Gasteiger partial charge on any atom is 0.435 e. The van der Waals surface area contributed by atoms with Crippen LogP contribution in [0.3, 0.4) is 0 Å². The zero-order valence-corrected chi connectivity index (χ0v) is 13.8. The number of aromatic nitrogens is 2. The Bertz CT molecular complexity index is 695. The van der Waals surface area contributed by atoms with Crippen LogP contribution in [0.2, 0.25) is 0 Å². The molecule has 0 aliphatic carbocycles. The van der Waals surface area contributed by atoms with Gasteiger partial charge in [0.25, 0.3) is 0 Å². The van der Waals surface area contributed by atoms with E-state index in [0.29, 0.717) is 5.69 Å². The minimum absolute atomic E-state index is 0.0925. The first-order chi connectivity index (χ1) is 11.2. The fourth-order valence-electron chi connectivity index (χ4n) is 2.36. The molecule has 1 amide bonds. The molecule has 130 valence electrons. The maximum atomic E-state index is 12.7. The highest BCUT2D eigenvalue weighted by Gasteiger charge is 2.34. The van der Waals surface area contributed by atoms with E-state index in [0.717, 1.165) is 11.6 Å². The SMILES string of the molecule is Cc1cc(C(F)(F)F)nn1CC(C)C(=O)NC(C)c1ccccc1. The highest BCUT2D eigenvalue weighted by Crippen LogP contribution is 2.28. The molecule has 1 aromatic heterocycles. The Labute approximate surface area is 138 Å². The van der Waals surface area contributed by atoms with Gasteiger partial charge in [-0.05, 0) is 25.5 Å². The van der Waals surface area contributed by atoms with Gasteiger partial charge >= 0.3 is 6.18 Å². The monoisotopic (exact) mass is 339 g/mol. The number of hydrogen-bond acceptors (Lipinski definition) is 2. The van der Waals surface area contributed by atoms with Gasteiger partial charge in [0.2, 0.25) is 5.91 Å². The molecule has 0 aliphatic heterocycles. The molecule has 24 heavy (non-hydrogen) atoms. The lowest BCUT2D eigenvalue weighted by Gasteiger charge is -2.18. The summed E-state index contributed by atoms with van der Waals surface area (Å²) < 4.78 is 39.3. The number of benzene rings is 1. The van der Waals surface area contributed by atoms with E-state index in [-0.39, 0.29) is 18.5 Å². The molecule has 2 unspecified atom stereocenters. The van der Waals surface area contributed by atoms with Gasteiger partial charge in [0.05, 0.1) is 18.5 Å². The maximum absolute atomic E-state index is 12.7. The van der Waals surface area contributed by atoms with E-state index >= 15 is 0 Å². The van der Waals surface area contributed by atoms with Crippen molar-refractivity contribution < 1.29 is 18.0 Å². The van der Waals surface area contributed by atoms with Crippen LogP contribution >= 0.6 is 0 Å². The Morgan fingerprint density at radius 1 is 1.25 bits per heavy atom. The zero-order valence-electron chi connectivity index (χ0n) is 13.8. The molecule has 0 saturated carbocycles. The Morgan fingerprint density at radius 3 is 2.42 bits per heavy atom. The quantitative estimate of drug-likeness (QED) is 0.902. The number of alkyl halides is 3. The number of nitrogens with zero attached hydrogens (tertiary/aromatic N) is 2. The second kappa shape index (κ2) is 7.07. The second-order valence-corrected chi connectivity index (χ2v) is 5.89. The number of carbonyl (C=O) groups excluding carboxylic acids is 1. The fraction of sp³-hybridized carbons (Fsp3) is 0.412. The number of halogens is 3. The normalized spacial score (nSPS) is 14.2. The summed E-state index contributed by atoms with van der Waals surface area (Å²) >= 11 is 0. The molecule has 0 saturated heterocycles. The smallest absolute Gasteiger partial charge is 0.349 e. The summed E-state index contributed by atoms with van der Waals surface area (Å²) in [6.45, 7) is 5.16. The van der Waals surface area contributed by atoms with Crippen LogP contribution in [0.4, 0.5) is 13.2 Å². The third-order valence-electron chi connectivity index (χ3n) is 3.82. The second-order valence-electron chi connectivity index (χ2n) is 5.89. The van der Waals surface area contributed by atoms with Crippen molar-refractivity contribution in [2.24, 2.45) is 5.92 Å². The highest BCUT2D eigenvalue weighted by molar-refractivity contribution is 5.78. The van der Waals surface area contributed by atoms with E-state index in [9.17, 15) is 18.0 Å². The fourth-order valence-corrected chi connectivity index (χ4v) is 2.36. The highest BCUT2D eigenvalue weighted by atomic mass is 19.4. The number of amides is 1. The number of aryl methyl sites for hydroxylation is 1. The van der Waals surface area contributed by atoms with Crippen molar-refractivity contribution in [3.63, 3.8) is 0 Å². The first-order valence-electron chi connectivity index (χ1n) is 7.65. The van der Waals surface area contributed by atoms with Crippen LogP contribution in [-0.2, 0) is 17.5 Å². The Kier molecular flexibility index (Phi) is 5.31. The minimum Gasteiger partial charge on any atom is -0.349 e. The molecular weight excluding hydrogens is 319 g/mol. The molecule has 7 heteroatoms. The summed E-state index contributed by atoms with van der Waals surface area (Å²) in [5.41, 5.74) is 0.399.